The molecule has 110 valence electrons. The Morgan fingerprint density at radius 3 is 2.79 bits per heavy atom. The van der Waals surface area contributed by atoms with E-state index in [0.29, 0.717) is 17.4 Å². The van der Waals surface area contributed by atoms with E-state index in [9.17, 15) is 8.42 Å². The fourth-order valence-electron chi connectivity index (χ4n) is 1.55. The molecule has 0 fully saturated rings. The fourth-order valence-corrected chi connectivity index (χ4v) is 4.12. The summed E-state index contributed by atoms with van der Waals surface area (Å²) in [6, 6.07) is 3.54. The molecular weight excluding hydrogens is 284 g/mol. The van der Waals surface area contributed by atoms with Crippen molar-refractivity contribution in [1.82, 2.24) is 10.0 Å². The molecule has 0 radical (unpaired) electrons. The van der Waals surface area contributed by atoms with Crippen molar-refractivity contribution in [3.63, 3.8) is 0 Å². The lowest BCUT2D eigenvalue weighted by Crippen LogP contribution is -2.29. The summed E-state index contributed by atoms with van der Waals surface area (Å²) in [5.74, 6) is 0.156. The Kier molecular flexibility index (Phi) is 6.95. The number of likely N-dealkylation sites (N-methyl/N-ethyl adjacent to an activating group) is 1. The molecule has 19 heavy (non-hydrogen) atoms. The summed E-state index contributed by atoms with van der Waals surface area (Å²) in [4.78, 5) is 1.07. The number of ether oxygens (including phenoxy) is 1. The van der Waals surface area contributed by atoms with Crippen molar-refractivity contribution in [3.8, 4) is 0 Å². The lowest BCUT2D eigenvalue weighted by atomic mass is 10.2. The van der Waals surface area contributed by atoms with Gasteiger partial charge in [-0.2, -0.15) is 0 Å². The molecule has 0 amide bonds. The highest BCUT2D eigenvalue weighted by atomic mass is 32.2. The molecule has 1 aromatic heterocycles. The molecule has 2 N–H and O–H groups in total. The summed E-state index contributed by atoms with van der Waals surface area (Å²) in [5, 5.41) is 3.05. The average Bonchev–Trinajstić information content (AvgIpc) is 2.84. The largest absolute Gasteiger partial charge is 0.384 e. The van der Waals surface area contributed by atoms with E-state index in [1.165, 1.54) is 11.3 Å². The van der Waals surface area contributed by atoms with Gasteiger partial charge in [0.25, 0.3) is 0 Å². The van der Waals surface area contributed by atoms with Gasteiger partial charge in [0.15, 0.2) is 0 Å². The molecule has 0 aliphatic carbocycles. The van der Waals surface area contributed by atoms with Crippen LogP contribution in [0.3, 0.4) is 0 Å². The molecule has 1 heterocycles. The van der Waals surface area contributed by atoms with Gasteiger partial charge in [-0.1, -0.05) is 6.92 Å². The monoisotopic (exact) mass is 306 g/mol. The Morgan fingerprint density at radius 2 is 2.16 bits per heavy atom. The second kappa shape index (κ2) is 7.96. The van der Waals surface area contributed by atoms with Crippen LogP contribution in [0.4, 0.5) is 0 Å². The summed E-state index contributed by atoms with van der Waals surface area (Å²) in [6.45, 7) is 3.72. The molecule has 0 aromatic carbocycles. The number of methoxy groups -OCH3 is 1. The van der Waals surface area contributed by atoms with Gasteiger partial charge in [-0.25, -0.2) is 13.1 Å². The molecule has 0 saturated heterocycles. The predicted molar refractivity (Wildman–Crippen MR) is 78.2 cm³/mol. The van der Waals surface area contributed by atoms with Gasteiger partial charge in [-0.05, 0) is 38.1 Å². The van der Waals surface area contributed by atoms with E-state index in [1.807, 2.05) is 20.0 Å². The summed E-state index contributed by atoms with van der Waals surface area (Å²) >= 11 is 1.32. The van der Waals surface area contributed by atoms with E-state index in [-0.39, 0.29) is 5.92 Å². The van der Waals surface area contributed by atoms with E-state index in [4.69, 9.17) is 4.74 Å². The lowest BCUT2D eigenvalue weighted by Gasteiger charge is -2.10. The highest BCUT2D eigenvalue weighted by molar-refractivity contribution is 7.91. The molecule has 0 aliphatic heterocycles. The van der Waals surface area contributed by atoms with Crippen LogP contribution in [0.5, 0.6) is 0 Å². The summed E-state index contributed by atoms with van der Waals surface area (Å²) in [5.41, 5.74) is 0. The van der Waals surface area contributed by atoms with Gasteiger partial charge in [0.1, 0.15) is 4.21 Å². The van der Waals surface area contributed by atoms with Crippen LogP contribution in [0.1, 0.15) is 11.8 Å². The number of hydrogen-bond donors (Lipinski definition) is 2. The number of rotatable bonds is 9. The van der Waals surface area contributed by atoms with Crippen LogP contribution >= 0.6 is 11.3 Å². The molecule has 0 saturated carbocycles. The van der Waals surface area contributed by atoms with Crippen LogP contribution in [-0.2, 0) is 21.2 Å². The van der Waals surface area contributed by atoms with Gasteiger partial charge in [-0.15, -0.1) is 11.3 Å². The first-order chi connectivity index (χ1) is 8.99. The van der Waals surface area contributed by atoms with Gasteiger partial charge in [-0.3, -0.25) is 0 Å². The molecule has 0 bridgehead atoms. The van der Waals surface area contributed by atoms with Gasteiger partial charge < -0.3 is 10.1 Å². The van der Waals surface area contributed by atoms with Crippen molar-refractivity contribution >= 4 is 21.4 Å². The van der Waals surface area contributed by atoms with E-state index in [1.54, 1.807) is 13.2 Å². The van der Waals surface area contributed by atoms with Gasteiger partial charge in [0.05, 0.1) is 0 Å². The van der Waals surface area contributed by atoms with Crippen LogP contribution in [0.15, 0.2) is 16.3 Å². The first kappa shape index (κ1) is 16.6. The number of hydrogen-bond acceptors (Lipinski definition) is 5. The van der Waals surface area contributed by atoms with Gasteiger partial charge in [0.2, 0.25) is 10.0 Å². The van der Waals surface area contributed by atoms with Crippen molar-refractivity contribution in [2.45, 2.75) is 17.6 Å². The summed E-state index contributed by atoms with van der Waals surface area (Å²) in [7, 11) is 0.103. The predicted octanol–water partition coefficient (Wildman–Crippen LogP) is 1.07. The van der Waals surface area contributed by atoms with E-state index >= 15 is 0 Å². The zero-order chi connectivity index (χ0) is 14.3. The maximum absolute atomic E-state index is 12.1. The third-order valence-electron chi connectivity index (χ3n) is 2.60. The Bertz CT molecular complexity index is 471. The van der Waals surface area contributed by atoms with E-state index in [2.05, 4.69) is 10.0 Å². The Morgan fingerprint density at radius 1 is 1.42 bits per heavy atom. The third kappa shape index (κ3) is 5.58. The van der Waals surface area contributed by atoms with Crippen LogP contribution in [0, 0.1) is 5.92 Å². The standard InChI is InChI=1S/C12H22N2O3S2/c1-10(9-17-3)8-14-19(15,16)12-5-4-11(18-12)6-7-13-2/h4-5,10,13-14H,6-9H2,1-3H3. The average molecular weight is 306 g/mol. The molecule has 1 aromatic rings. The van der Waals surface area contributed by atoms with Crippen LogP contribution < -0.4 is 10.0 Å². The van der Waals surface area contributed by atoms with Crippen LogP contribution in [0.25, 0.3) is 0 Å². The zero-order valence-electron chi connectivity index (χ0n) is 11.6. The Hall–Kier alpha value is -0.470. The van der Waals surface area contributed by atoms with Crippen molar-refractivity contribution in [3.05, 3.63) is 17.0 Å². The minimum Gasteiger partial charge on any atom is -0.384 e. The Balaban J connectivity index is 2.59. The smallest absolute Gasteiger partial charge is 0.250 e. The van der Waals surface area contributed by atoms with Crippen molar-refractivity contribution < 1.29 is 13.2 Å². The minimum absolute atomic E-state index is 0.156. The van der Waals surface area contributed by atoms with Crippen molar-refractivity contribution in [2.75, 3.05) is 33.9 Å². The highest BCUT2D eigenvalue weighted by Crippen LogP contribution is 2.21. The summed E-state index contributed by atoms with van der Waals surface area (Å²) in [6.07, 6.45) is 0.844. The molecular formula is C12H22N2O3S2. The van der Waals surface area contributed by atoms with Crippen LogP contribution in [0.2, 0.25) is 0 Å². The normalized spacial score (nSPS) is 13.6. The maximum atomic E-state index is 12.1. The molecule has 1 unspecified atom stereocenters. The minimum atomic E-state index is -3.39. The molecule has 1 rings (SSSR count). The molecule has 0 spiro atoms. The van der Waals surface area contributed by atoms with Crippen molar-refractivity contribution in [2.24, 2.45) is 5.92 Å². The molecule has 0 aliphatic rings. The quantitative estimate of drug-likeness (QED) is 0.716. The molecule has 7 heteroatoms. The van der Waals surface area contributed by atoms with E-state index in [0.717, 1.165) is 17.8 Å². The third-order valence-corrected chi connectivity index (χ3v) is 5.66. The first-order valence-corrected chi connectivity index (χ1v) is 8.51. The lowest BCUT2D eigenvalue weighted by molar-refractivity contribution is 0.161. The first-order valence-electron chi connectivity index (χ1n) is 6.21. The number of nitrogens with one attached hydrogen (secondary N) is 2. The van der Waals surface area contributed by atoms with Gasteiger partial charge >= 0.3 is 0 Å². The zero-order valence-corrected chi connectivity index (χ0v) is 13.2. The van der Waals surface area contributed by atoms with Gasteiger partial charge in [0, 0.05) is 25.1 Å². The number of thiophene rings is 1. The fraction of sp³-hybridized carbons (Fsp3) is 0.667. The second-order valence-corrected chi connectivity index (χ2v) is 7.65. The second-order valence-electron chi connectivity index (χ2n) is 4.49. The molecule has 1 atom stereocenters. The highest BCUT2D eigenvalue weighted by Gasteiger charge is 2.17. The van der Waals surface area contributed by atoms with Crippen LogP contribution in [-0.4, -0.2) is 42.3 Å². The van der Waals surface area contributed by atoms with Crippen molar-refractivity contribution in [1.29, 1.82) is 0 Å². The SMILES string of the molecule is CNCCc1ccc(S(=O)(=O)NCC(C)COC)s1. The topological polar surface area (TPSA) is 67.4 Å². The summed E-state index contributed by atoms with van der Waals surface area (Å²) < 4.78 is 32.1. The molecule has 5 nitrogen and oxygen atoms in total. The Labute approximate surface area is 119 Å². The maximum Gasteiger partial charge on any atom is 0.250 e. The van der Waals surface area contributed by atoms with E-state index < -0.39 is 10.0 Å². The number of sulfonamides is 1.